The molecule has 2 heterocycles. The van der Waals surface area contributed by atoms with Crippen LogP contribution < -0.4 is 15.4 Å². The third-order valence-corrected chi connectivity index (χ3v) is 6.22. The van der Waals surface area contributed by atoms with Gasteiger partial charge >= 0.3 is 0 Å². The molecule has 1 aromatic heterocycles. The molecule has 2 N–H and O–H groups in total. The number of likely N-dealkylation sites (N-methyl/N-ethyl adjacent to an activating group) is 1. The van der Waals surface area contributed by atoms with Crippen LogP contribution in [0, 0.1) is 18.3 Å². The predicted molar refractivity (Wildman–Crippen MR) is 155 cm³/mol. The van der Waals surface area contributed by atoms with Crippen LogP contribution in [-0.2, 0) is 4.74 Å². The third-order valence-electron chi connectivity index (χ3n) is 6.22. The summed E-state index contributed by atoms with van der Waals surface area (Å²) in [5, 5.41) is 19.8. The Morgan fingerprint density at radius 3 is 2.41 bits per heavy atom. The Bertz CT molecular complexity index is 1290. The number of benzene rings is 2. The first-order valence-electron chi connectivity index (χ1n) is 12.8. The van der Waals surface area contributed by atoms with Gasteiger partial charge in [-0.2, -0.15) is 10.4 Å². The molecule has 1 aliphatic rings. The highest BCUT2D eigenvalue weighted by molar-refractivity contribution is 5.86. The number of aldehydes is 1. The lowest BCUT2D eigenvalue weighted by atomic mass is 10.1. The van der Waals surface area contributed by atoms with Crippen LogP contribution in [0.5, 0.6) is 11.5 Å². The number of morpholine rings is 1. The second-order valence-corrected chi connectivity index (χ2v) is 8.90. The average molecular weight is 529 g/mol. The Labute approximate surface area is 230 Å². The molecule has 9 heteroatoms. The van der Waals surface area contributed by atoms with E-state index in [1.807, 2.05) is 68.6 Å². The predicted octanol–water partition coefficient (Wildman–Crippen LogP) is 4.77. The zero-order valence-electron chi connectivity index (χ0n) is 22.8. The van der Waals surface area contributed by atoms with Crippen molar-refractivity contribution in [3.8, 4) is 17.6 Å². The van der Waals surface area contributed by atoms with Gasteiger partial charge in [-0.25, -0.2) is 4.68 Å². The van der Waals surface area contributed by atoms with Crippen molar-refractivity contribution in [3.05, 3.63) is 83.2 Å². The molecule has 2 aromatic carbocycles. The molecule has 4 rings (SSSR count). The molecular formula is C30H36N6O3. The topological polar surface area (TPSA) is 104 Å². The van der Waals surface area contributed by atoms with Crippen LogP contribution in [0.4, 0.5) is 5.69 Å². The van der Waals surface area contributed by atoms with Gasteiger partial charge in [-0.1, -0.05) is 18.2 Å². The van der Waals surface area contributed by atoms with Gasteiger partial charge in [-0.05, 0) is 62.9 Å². The smallest absolute Gasteiger partial charge is 0.151 e. The largest absolute Gasteiger partial charge is 0.457 e. The van der Waals surface area contributed by atoms with Crippen LogP contribution in [0.3, 0.4) is 0 Å². The van der Waals surface area contributed by atoms with E-state index >= 15 is 0 Å². The number of para-hydroxylation sites is 1. The first-order valence-corrected chi connectivity index (χ1v) is 12.8. The van der Waals surface area contributed by atoms with E-state index in [4.69, 9.17) is 9.47 Å². The van der Waals surface area contributed by atoms with Crippen LogP contribution >= 0.6 is 0 Å². The van der Waals surface area contributed by atoms with E-state index in [1.54, 1.807) is 13.1 Å². The number of nitriles is 1. The van der Waals surface area contributed by atoms with Gasteiger partial charge in [0.05, 0.1) is 36.2 Å². The molecule has 0 radical (unpaired) electrons. The SMILES string of the molecule is C=Nn1cc(C=O)c(C)c1/C(Nc1ccc(Oc2ccccc2)cc1)=C(\C)C#N.CNCCN1CCOCC1. The van der Waals surface area contributed by atoms with Crippen LogP contribution in [0.15, 0.2) is 71.5 Å². The number of allylic oxidation sites excluding steroid dienone is 1. The molecule has 1 fully saturated rings. The van der Waals surface area contributed by atoms with Gasteiger partial charge in [-0.3, -0.25) is 9.69 Å². The number of hydrogen-bond acceptors (Lipinski definition) is 8. The van der Waals surface area contributed by atoms with Crippen molar-refractivity contribution in [1.82, 2.24) is 14.9 Å². The highest BCUT2D eigenvalue weighted by atomic mass is 16.5. The van der Waals surface area contributed by atoms with Gasteiger partial charge in [0.15, 0.2) is 6.29 Å². The normalized spacial score (nSPS) is 13.8. The van der Waals surface area contributed by atoms with Crippen molar-refractivity contribution >= 4 is 24.4 Å². The maximum absolute atomic E-state index is 11.3. The van der Waals surface area contributed by atoms with E-state index in [-0.39, 0.29) is 0 Å². The number of hydrogen-bond donors (Lipinski definition) is 2. The highest BCUT2D eigenvalue weighted by Crippen LogP contribution is 2.29. The van der Waals surface area contributed by atoms with Gasteiger partial charge in [0.2, 0.25) is 0 Å². The maximum Gasteiger partial charge on any atom is 0.151 e. The lowest BCUT2D eigenvalue weighted by Crippen LogP contribution is -2.39. The third kappa shape index (κ3) is 8.38. The minimum atomic E-state index is 0.457. The Hall–Kier alpha value is -4.23. The van der Waals surface area contributed by atoms with Crippen LogP contribution in [0.2, 0.25) is 0 Å². The zero-order chi connectivity index (χ0) is 28.0. The summed E-state index contributed by atoms with van der Waals surface area (Å²) < 4.78 is 12.5. The molecule has 1 aliphatic heterocycles. The molecule has 0 spiro atoms. The van der Waals surface area contributed by atoms with Crippen molar-refractivity contribution in [1.29, 1.82) is 5.26 Å². The van der Waals surface area contributed by atoms with Crippen molar-refractivity contribution in [2.24, 2.45) is 5.10 Å². The van der Waals surface area contributed by atoms with Gasteiger partial charge < -0.3 is 20.1 Å². The first kappa shape index (κ1) is 29.3. The quantitative estimate of drug-likeness (QED) is 0.222. The van der Waals surface area contributed by atoms with Crippen molar-refractivity contribution in [3.63, 3.8) is 0 Å². The second-order valence-electron chi connectivity index (χ2n) is 8.90. The van der Waals surface area contributed by atoms with E-state index in [2.05, 4.69) is 33.4 Å². The number of carbonyl (C=O) groups excluding carboxylic acids is 1. The van der Waals surface area contributed by atoms with Gasteiger partial charge in [0, 0.05) is 50.3 Å². The average Bonchev–Trinajstić information content (AvgIpc) is 3.31. The summed E-state index contributed by atoms with van der Waals surface area (Å²) >= 11 is 0. The standard InChI is InChI=1S/C23H20N4O2.C7H16N2O/c1-16(13-24)22(23-17(2)18(15-28)14-27(23)25-3)26-19-9-11-21(12-10-19)29-20-7-5-4-6-8-20;1-8-2-3-9-4-6-10-7-5-9/h4-12,14-15,26H,3H2,1-2H3;8H,2-7H2,1H3/b22-16-;. The molecule has 0 saturated carbocycles. The number of rotatable bonds is 10. The number of aromatic nitrogens is 1. The minimum Gasteiger partial charge on any atom is -0.457 e. The molecule has 3 aromatic rings. The van der Waals surface area contributed by atoms with E-state index in [0.29, 0.717) is 33.8 Å². The molecular weight excluding hydrogens is 492 g/mol. The minimum absolute atomic E-state index is 0.457. The number of nitrogens with zero attached hydrogens (tertiary/aromatic N) is 4. The Kier molecular flexibility index (Phi) is 11.5. The molecule has 1 saturated heterocycles. The van der Waals surface area contributed by atoms with Gasteiger partial charge in [-0.15, -0.1) is 0 Å². The van der Waals surface area contributed by atoms with Crippen molar-refractivity contribution in [2.75, 3.05) is 51.8 Å². The van der Waals surface area contributed by atoms with E-state index < -0.39 is 0 Å². The Morgan fingerprint density at radius 1 is 1.15 bits per heavy atom. The van der Waals surface area contributed by atoms with E-state index in [0.717, 1.165) is 57.1 Å². The second kappa shape index (κ2) is 15.2. The fourth-order valence-electron chi connectivity index (χ4n) is 3.99. The van der Waals surface area contributed by atoms with Gasteiger partial charge in [0.25, 0.3) is 0 Å². The lowest BCUT2D eigenvalue weighted by molar-refractivity contribution is 0.0386. The highest BCUT2D eigenvalue weighted by Gasteiger charge is 2.18. The number of ether oxygens (including phenoxy) is 2. The molecule has 0 unspecified atom stereocenters. The van der Waals surface area contributed by atoms with Crippen LogP contribution in [0.1, 0.15) is 28.5 Å². The lowest BCUT2D eigenvalue weighted by Gasteiger charge is -2.26. The first-order chi connectivity index (χ1) is 19.0. The molecule has 39 heavy (non-hydrogen) atoms. The molecule has 0 bridgehead atoms. The molecule has 0 amide bonds. The Balaban J connectivity index is 0.000000353. The summed E-state index contributed by atoms with van der Waals surface area (Å²) in [5.74, 6) is 1.45. The molecule has 0 atom stereocenters. The summed E-state index contributed by atoms with van der Waals surface area (Å²) in [6, 6.07) is 19.1. The number of nitrogens with one attached hydrogen (secondary N) is 2. The monoisotopic (exact) mass is 528 g/mol. The fourth-order valence-corrected chi connectivity index (χ4v) is 3.99. The number of anilines is 1. The van der Waals surface area contributed by atoms with Gasteiger partial charge in [0.1, 0.15) is 11.5 Å². The van der Waals surface area contributed by atoms with Crippen molar-refractivity contribution in [2.45, 2.75) is 13.8 Å². The van der Waals surface area contributed by atoms with E-state index in [9.17, 15) is 10.1 Å². The zero-order valence-corrected chi connectivity index (χ0v) is 22.8. The van der Waals surface area contributed by atoms with Crippen LogP contribution in [-0.4, -0.2) is 69.0 Å². The van der Waals surface area contributed by atoms with Crippen LogP contribution in [0.25, 0.3) is 5.70 Å². The summed E-state index contributed by atoms with van der Waals surface area (Å²) in [6.45, 7) is 13.3. The Morgan fingerprint density at radius 2 is 1.82 bits per heavy atom. The summed E-state index contributed by atoms with van der Waals surface area (Å²) in [4.78, 5) is 13.7. The maximum atomic E-state index is 11.3. The fraction of sp³-hybridized carbons (Fsp3) is 0.300. The molecule has 204 valence electrons. The summed E-state index contributed by atoms with van der Waals surface area (Å²) in [5.41, 5.74) is 3.60. The summed E-state index contributed by atoms with van der Waals surface area (Å²) in [7, 11) is 1.99. The molecule has 9 nitrogen and oxygen atoms in total. The van der Waals surface area contributed by atoms with E-state index in [1.165, 1.54) is 4.68 Å². The summed E-state index contributed by atoms with van der Waals surface area (Å²) in [6.07, 6.45) is 2.35. The van der Waals surface area contributed by atoms with Crippen molar-refractivity contribution < 1.29 is 14.3 Å². The number of carbonyl (C=O) groups is 1. The molecule has 0 aliphatic carbocycles.